The Balaban J connectivity index is 1.82. The van der Waals surface area contributed by atoms with E-state index in [1.54, 1.807) is 13.0 Å². The summed E-state index contributed by atoms with van der Waals surface area (Å²) < 4.78 is 33.7. The molecule has 0 spiro atoms. The number of aryl methyl sites for hydroxylation is 1. The fourth-order valence-electron chi connectivity index (χ4n) is 3.63. The molecule has 148 valence electrons. The van der Waals surface area contributed by atoms with Gasteiger partial charge in [-0.05, 0) is 38.0 Å². The number of sulfonamides is 1. The number of hydrogen-bond acceptors (Lipinski definition) is 6. The van der Waals surface area contributed by atoms with Crippen molar-refractivity contribution >= 4 is 20.9 Å². The van der Waals surface area contributed by atoms with E-state index in [0.717, 1.165) is 19.3 Å². The summed E-state index contributed by atoms with van der Waals surface area (Å²) in [6.07, 6.45) is 3.18. The summed E-state index contributed by atoms with van der Waals surface area (Å²) in [5, 5.41) is 4.01. The number of rotatable bonds is 3. The SMILES string of the molecule is Cc1cc(C2CCCCCN2S(=O)(=O)c2ccc3[nH]c(=O)[nH]c(=O)c3c2)on1. The summed E-state index contributed by atoms with van der Waals surface area (Å²) in [6.45, 7) is 2.14. The molecule has 10 heteroatoms. The molecule has 0 amide bonds. The van der Waals surface area contributed by atoms with Crippen molar-refractivity contribution in [3.8, 4) is 0 Å². The molecule has 2 N–H and O–H groups in total. The summed E-state index contributed by atoms with van der Waals surface area (Å²) >= 11 is 0. The molecule has 3 aromatic rings. The Morgan fingerprint density at radius 1 is 1.14 bits per heavy atom. The first-order chi connectivity index (χ1) is 13.4. The molecule has 0 saturated carbocycles. The van der Waals surface area contributed by atoms with Crippen LogP contribution in [-0.4, -0.2) is 34.4 Å². The van der Waals surface area contributed by atoms with E-state index in [4.69, 9.17) is 4.52 Å². The number of nitrogens with one attached hydrogen (secondary N) is 2. The third-order valence-electron chi connectivity index (χ3n) is 5.00. The van der Waals surface area contributed by atoms with Crippen LogP contribution < -0.4 is 11.2 Å². The van der Waals surface area contributed by atoms with Gasteiger partial charge in [0.25, 0.3) is 5.56 Å². The average Bonchev–Trinajstić information content (AvgIpc) is 2.92. The van der Waals surface area contributed by atoms with Crippen LogP contribution in [0.25, 0.3) is 10.9 Å². The highest BCUT2D eigenvalue weighted by molar-refractivity contribution is 7.89. The standard InChI is InChI=1S/C18H20N4O5S/c1-11-9-16(27-21-11)15-5-3-2-4-8-22(15)28(25,26)12-6-7-14-13(10-12)17(23)20-18(24)19-14/h6-7,9-10,15H,2-5,8H2,1H3,(H2,19,20,23,24). The molecule has 0 radical (unpaired) electrons. The number of fused-ring (bicyclic) bond motifs is 1. The molecule has 9 nitrogen and oxygen atoms in total. The largest absolute Gasteiger partial charge is 0.359 e. The lowest BCUT2D eigenvalue weighted by Gasteiger charge is -2.27. The summed E-state index contributed by atoms with van der Waals surface area (Å²) in [4.78, 5) is 28.1. The second kappa shape index (κ2) is 7.02. The van der Waals surface area contributed by atoms with Gasteiger partial charge in [0.1, 0.15) is 0 Å². The molecule has 1 aromatic carbocycles. The summed E-state index contributed by atoms with van der Waals surface area (Å²) in [7, 11) is -3.89. The highest BCUT2D eigenvalue weighted by Crippen LogP contribution is 2.35. The van der Waals surface area contributed by atoms with Gasteiger partial charge < -0.3 is 9.51 Å². The molecule has 1 aliphatic heterocycles. The number of hydrogen-bond donors (Lipinski definition) is 2. The van der Waals surface area contributed by atoms with Crippen LogP contribution >= 0.6 is 0 Å². The third kappa shape index (κ3) is 3.29. The highest BCUT2D eigenvalue weighted by Gasteiger charge is 2.35. The Bertz CT molecular complexity index is 1240. The molecule has 2 aromatic heterocycles. The number of aromatic nitrogens is 3. The molecule has 1 aliphatic rings. The number of H-pyrrole nitrogens is 2. The minimum absolute atomic E-state index is 0.000635. The number of benzene rings is 1. The Hall–Kier alpha value is -2.72. The smallest absolute Gasteiger partial charge is 0.326 e. The van der Waals surface area contributed by atoms with Gasteiger partial charge >= 0.3 is 5.69 Å². The van der Waals surface area contributed by atoms with Crippen LogP contribution in [0.5, 0.6) is 0 Å². The van der Waals surface area contributed by atoms with E-state index in [-0.39, 0.29) is 15.8 Å². The Labute approximate surface area is 160 Å². The quantitative estimate of drug-likeness (QED) is 0.685. The first-order valence-electron chi connectivity index (χ1n) is 9.08. The second-order valence-corrected chi connectivity index (χ2v) is 8.86. The van der Waals surface area contributed by atoms with Crippen molar-refractivity contribution in [1.29, 1.82) is 0 Å². The van der Waals surface area contributed by atoms with Crippen molar-refractivity contribution in [2.24, 2.45) is 0 Å². The van der Waals surface area contributed by atoms with Gasteiger partial charge in [0.05, 0.1) is 27.5 Å². The van der Waals surface area contributed by atoms with Crippen molar-refractivity contribution in [3.63, 3.8) is 0 Å². The predicted molar refractivity (Wildman–Crippen MR) is 102 cm³/mol. The summed E-state index contributed by atoms with van der Waals surface area (Å²) in [5.41, 5.74) is -0.292. The van der Waals surface area contributed by atoms with Crippen molar-refractivity contribution in [2.75, 3.05) is 6.54 Å². The molecule has 1 atom stereocenters. The van der Waals surface area contributed by atoms with Crippen LogP contribution in [0, 0.1) is 6.92 Å². The number of nitrogens with zero attached hydrogens (tertiary/aromatic N) is 2. The van der Waals surface area contributed by atoms with E-state index in [1.807, 2.05) is 0 Å². The van der Waals surface area contributed by atoms with Gasteiger partial charge in [-0.15, -0.1) is 0 Å². The fraction of sp³-hybridized carbons (Fsp3) is 0.389. The van der Waals surface area contributed by atoms with Gasteiger partial charge in [0.2, 0.25) is 10.0 Å². The zero-order valence-electron chi connectivity index (χ0n) is 15.3. The molecule has 4 rings (SSSR count). The van der Waals surface area contributed by atoms with Crippen molar-refractivity contribution in [1.82, 2.24) is 19.4 Å². The Morgan fingerprint density at radius 2 is 1.96 bits per heavy atom. The molecule has 28 heavy (non-hydrogen) atoms. The minimum atomic E-state index is -3.89. The lowest BCUT2D eigenvalue weighted by Crippen LogP contribution is -2.35. The van der Waals surface area contributed by atoms with Gasteiger partial charge in [0.15, 0.2) is 5.76 Å². The van der Waals surface area contributed by atoms with E-state index >= 15 is 0 Å². The van der Waals surface area contributed by atoms with Crippen molar-refractivity contribution in [2.45, 2.75) is 43.5 Å². The van der Waals surface area contributed by atoms with Gasteiger partial charge in [-0.2, -0.15) is 4.31 Å². The minimum Gasteiger partial charge on any atom is -0.359 e. The first kappa shape index (κ1) is 18.6. The molecule has 0 bridgehead atoms. The van der Waals surface area contributed by atoms with Crippen molar-refractivity contribution in [3.05, 3.63) is 56.6 Å². The Kier molecular flexibility index (Phi) is 4.68. The van der Waals surface area contributed by atoms with Gasteiger partial charge in [0, 0.05) is 12.6 Å². The second-order valence-electron chi connectivity index (χ2n) is 6.97. The molecule has 0 aliphatic carbocycles. The molecular formula is C18H20N4O5S. The van der Waals surface area contributed by atoms with E-state index in [2.05, 4.69) is 15.1 Å². The van der Waals surface area contributed by atoms with Crippen LogP contribution in [-0.2, 0) is 10.0 Å². The zero-order valence-corrected chi connectivity index (χ0v) is 16.1. The monoisotopic (exact) mass is 404 g/mol. The summed E-state index contributed by atoms with van der Waals surface area (Å²) in [6, 6.07) is 5.45. The highest BCUT2D eigenvalue weighted by atomic mass is 32.2. The van der Waals surface area contributed by atoms with Crippen molar-refractivity contribution < 1.29 is 12.9 Å². The summed E-state index contributed by atoms with van der Waals surface area (Å²) in [5.74, 6) is 0.519. The third-order valence-corrected chi connectivity index (χ3v) is 6.90. The predicted octanol–water partition coefficient (Wildman–Crippen LogP) is 1.82. The molecular weight excluding hydrogens is 384 g/mol. The Morgan fingerprint density at radius 3 is 2.71 bits per heavy atom. The maximum absolute atomic E-state index is 13.4. The van der Waals surface area contributed by atoms with E-state index in [1.165, 1.54) is 22.5 Å². The molecule has 3 heterocycles. The fourth-order valence-corrected chi connectivity index (χ4v) is 5.33. The molecule has 1 fully saturated rings. The van der Waals surface area contributed by atoms with E-state index in [9.17, 15) is 18.0 Å². The normalized spacial score (nSPS) is 19.0. The number of aromatic amines is 2. The van der Waals surface area contributed by atoms with E-state index in [0.29, 0.717) is 24.4 Å². The van der Waals surface area contributed by atoms with Gasteiger partial charge in [-0.1, -0.05) is 18.0 Å². The zero-order chi connectivity index (χ0) is 19.9. The van der Waals surface area contributed by atoms with Crippen LogP contribution in [0.15, 0.2) is 43.3 Å². The molecule has 1 saturated heterocycles. The maximum Gasteiger partial charge on any atom is 0.326 e. The topological polar surface area (TPSA) is 129 Å². The van der Waals surface area contributed by atoms with Crippen LogP contribution in [0.1, 0.15) is 43.2 Å². The van der Waals surface area contributed by atoms with Crippen LogP contribution in [0.3, 0.4) is 0 Å². The average molecular weight is 404 g/mol. The van der Waals surface area contributed by atoms with Gasteiger partial charge in [-0.25, -0.2) is 13.2 Å². The lowest BCUT2D eigenvalue weighted by molar-refractivity contribution is 0.258. The maximum atomic E-state index is 13.4. The first-order valence-corrected chi connectivity index (χ1v) is 10.5. The molecule has 1 unspecified atom stereocenters. The van der Waals surface area contributed by atoms with E-state index < -0.39 is 27.3 Å². The lowest BCUT2D eigenvalue weighted by atomic mass is 10.1. The van der Waals surface area contributed by atoms with Crippen LogP contribution in [0.2, 0.25) is 0 Å². The van der Waals surface area contributed by atoms with Crippen LogP contribution in [0.4, 0.5) is 0 Å². The van der Waals surface area contributed by atoms with Gasteiger partial charge in [-0.3, -0.25) is 9.78 Å².